The molecule has 4 N–H and O–H groups in total. The molecule has 2 aromatic carbocycles. The van der Waals surface area contributed by atoms with Crippen molar-refractivity contribution in [2.24, 2.45) is 9.98 Å². The summed E-state index contributed by atoms with van der Waals surface area (Å²) in [4.78, 5) is 55.0. The maximum Gasteiger partial charge on any atom is 0.327 e. The molecule has 0 aliphatic heterocycles. The van der Waals surface area contributed by atoms with E-state index in [0.29, 0.717) is 0 Å². The van der Waals surface area contributed by atoms with Crippen molar-refractivity contribution >= 4 is 46.0 Å². The molecule has 45 heavy (non-hydrogen) atoms. The molecule has 0 saturated heterocycles. The molecule has 2 aromatic rings. The number of rotatable bonds is 18. The van der Waals surface area contributed by atoms with E-state index in [0.717, 1.165) is 23.5 Å². The molecule has 2 rings (SSSR count). The van der Waals surface area contributed by atoms with Crippen molar-refractivity contribution in [2.45, 2.75) is 13.1 Å². The van der Waals surface area contributed by atoms with Crippen LogP contribution in [0.1, 0.15) is 11.1 Å². The summed E-state index contributed by atoms with van der Waals surface area (Å²) in [5, 5.41) is 10.5. The first-order valence-corrected chi connectivity index (χ1v) is 15.0. The topological polar surface area (TPSA) is 194 Å². The predicted octanol–water partition coefficient (Wildman–Crippen LogP) is 0.384. The molecule has 0 spiro atoms. The second-order valence-corrected chi connectivity index (χ2v) is 10.8. The van der Waals surface area contributed by atoms with Gasteiger partial charge < -0.3 is 30.7 Å². The van der Waals surface area contributed by atoms with Crippen LogP contribution in [0.3, 0.4) is 0 Å². The van der Waals surface area contributed by atoms with Crippen LogP contribution in [0.2, 0.25) is 0 Å². The lowest BCUT2D eigenvalue weighted by Crippen LogP contribution is -2.36. The summed E-state index contributed by atoms with van der Waals surface area (Å²) in [5.41, 5.74) is 1.62. The van der Waals surface area contributed by atoms with Crippen LogP contribution in [-0.2, 0) is 51.6 Å². The molecule has 0 heterocycles. The maximum absolute atomic E-state index is 13.9. The Bertz CT molecular complexity index is 1400. The molecule has 15 heteroatoms. The Morgan fingerprint density at radius 2 is 1.04 bits per heavy atom. The molecule has 0 radical (unpaired) electrons. The van der Waals surface area contributed by atoms with E-state index in [4.69, 9.17) is 0 Å². The van der Waals surface area contributed by atoms with E-state index in [1.807, 2.05) is 12.1 Å². The van der Waals surface area contributed by atoms with Crippen molar-refractivity contribution in [1.29, 1.82) is 0 Å². The zero-order valence-electron chi connectivity index (χ0n) is 24.9. The molecular weight excluding hydrogens is 604 g/mol. The summed E-state index contributed by atoms with van der Waals surface area (Å²) in [5.74, 6) is -3.24. The van der Waals surface area contributed by atoms with Gasteiger partial charge in [0.05, 0.1) is 27.3 Å². The largest absolute Gasteiger partial charge is 0.468 e. The van der Waals surface area contributed by atoms with Crippen LogP contribution in [-0.4, -0.2) is 85.0 Å². The Morgan fingerprint density at radius 1 is 0.667 bits per heavy atom. The van der Waals surface area contributed by atoms with E-state index in [2.05, 4.69) is 40.7 Å². The van der Waals surface area contributed by atoms with Crippen molar-refractivity contribution in [3.63, 3.8) is 0 Å². The lowest BCUT2D eigenvalue weighted by atomic mass is 10.2. The van der Waals surface area contributed by atoms with E-state index in [9.17, 15) is 27.6 Å². The highest BCUT2D eigenvalue weighted by molar-refractivity contribution is 8.00. The fraction of sp³-hybridized carbons (Fsp3) is 0.267. The van der Waals surface area contributed by atoms with Gasteiger partial charge in [0.1, 0.15) is 13.1 Å². The number of amides is 2. The summed E-state index contributed by atoms with van der Waals surface area (Å²) in [7, 11) is -2.35. The smallest absolute Gasteiger partial charge is 0.327 e. The standard InChI is InChI=1S/C30H36N6O8S/c1-43-27(37)21-31-13-15-35-29(39)25(19-33-17-23-9-5-3-6-10-23)45(41,42)26(20-34-18-24-11-7-4-8-12-24)30(40)36-16-14-32-22-28(38)44-2/h3-14,19-20,33-34H,15-18,21-22H2,1-2H3,(H,35,39)(H,36,40)/b25-19+,26-20+,31-13?,32-14?. The van der Waals surface area contributed by atoms with E-state index >= 15 is 0 Å². The molecule has 0 aromatic heterocycles. The van der Waals surface area contributed by atoms with Crippen LogP contribution in [0.5, 0.6) is 0 Å². The SMILES string of the molecule is COC(=O)CN=CCNC(=O)/C(=C\NCc1ccccc1)S(=O)(=O)/C(=C/NCc1ccccc1)C(=O)NCC=NCC(=O)OC. The Labute approximate surface area is 261 Å². The Kier molecular flexibility index (Phi) is 15.8. The van der Waals surface area contributed by atoms with Gasteiger partial charge in [-0.05, 0) is 11.1 Å². The molecule has 0 atom stereocenters. The monoisotopic (exact) mass is 640 g/mol. The molecule has 0 aliphatic rings. The van der Waals surface area contributed by atoms with Gasteiger partial charge in [0, 0.05) is 37.9 Å². The number of methoxy groups -OCH3 is 2. The van der Waals surface area contributed by atoms with Gasteiger partial charge in [-0.25, -0.2) is 8.42 Å². The lowest BCUT2D eigenvalue weighted by Gasteiger charge is -2.14. The third-order valence-electron chi connectivity index (χ3n) is 5.65. The van der Waals surface area contributed by atoms with Crippen LogP contribution in [0.25, 0.3) is 0 Å². The van der Waals surface area contributed by atoms with Crippen molar-refractivity contribution in [2.75, 3.05) is 40.4 Å². The average Bonchev–Trinajstić information content (AvgIpc) is 3.05. The zero-order valence-corrected chi connectivity index (χ0v) is 25.7. The fourth-order valence-corrected chi connectivity index (χ4v) is 4.70. The highest BCUT2D eigenvalue weighted by Gasteiger charge is 2.33. The quantitative estimate of drug-likeness (QED) is 0.101. The van der Waals surface area contributed by atoms with Gasteiger partial charge in [-0.1, -0.05) is 60.7 Å². The van der Waals surface area contributed by atoms with Gasteiger partial charge in [0.25, 0.3) is 11.8 Å². The number of nitrogens with zero attached hydrogens (tertiary/aromatic N) is 2. The summed E-state index contributed by atoms with van der Waals surface area (Å²) < 4.78 is 36.8. The minimum absolute atomic E-state index is 0.182. The van der Waals surface area contributed by atoms with Crippen LogP contribution in [0.4, 0.5) is 0 Å². The molecule has 0 bridgehead atoms. The Balaban J connectivity index is 2.36. The number of ether oxygens (including phenoxy) is 2. The molecule has 0 saturated carbocycles. The third kappa shape index (κ3) is 13.3. The molecule has 0 fully saturated rings. The van der Waals surface area contributed by atoms with Crippen LogP contribution in [0.15, 0.2) is 92.9 Å². The number of sulfone groups is 1. The van der Waals surface area contributed by atoms with Crippen LogP contribution >= 0.6 is 0 Å². The first-order valence-electron chi connectivity index (χ1n) is 13.6. The predicted molar refractivity (Wildman–Crippen MR) is 168 cm³/mol. The second kappa shape index (κ2) is 19.8. The van der Waals surface area contributed by atoms with Crippen molar-refractivity contribution in [3.8, 4) is 0 Å². The van der Waals surface area contributed by atoms with Gasteiger partial charge in [0.15, 0.2) is 9.81 Å². The van der Waals surface area contributed by atoms with Gasteiger partial charge >= 0.3 is 11.9 Å². The van der Waals surface area contributed by atoms with Crippen LogP contribution in [0, 0.1) is 0 Å². The van der Waals surface area contributed by atoms with Crippen molar-refractivity contribution in [3.05, 3.63) is 94.0 Å². The minimum atomic E-state index is -4.75. The van der Waals surface area contributed by atoms with Gasteiger partial charge in [-0.2, -0.15) is 0 Å². The zero-order chi connectivity index (χ0) is 32.9. The summed E-state index contributed by atoms with van der Waals surface area (Å²) >= 11 is 0. The molecule has 0 unspecified atom stereocenters. The van der Waals surface area contributed by atoms with E-state index in [1.54, 1.807) is 48.5 Å². The minimum Gasteiger partial charge on any atom is -0.468 e. The molecule has 240 valence electrons. The van der Waals surface area contributed by atoms with Gasteiger partial charge in [-0.15, -0.1) is 0 Å². The number of nitrogens with one attached hydrogen (secondary N) is 4. The summed E-state index contributed by atoms with van der Waals surface area (Å²) in [6, 6.07) is 18.1. The lowest BCUT2D eigenvalue weighted by molar-refractivity contribution is -0.139. The van der Waals surface area contributed by atoms with E-state index < -0.39 is 43.4 Å². The Hall–Kier alpha value is -5.31. The highest BCUT2D eigenvalue weighted by Crippen LogP contribution is 2.18. The number of aliphatic imine (C=N–C) groups is 2. The third-order valence-corrected chi connectivity index (χ3v) is 7.42. The van der Waals surface area contributed by atoms with Crippen molar-refractivity contribution < 1.29 is 37.1 Å². The highest BCUT2D eigenvalue weighted by atomic mass is 32.2. The van der Waals surface area contributed by atoms with Gasteiger partial charge in [-0.3, -0.25) is 29.2 Å². The number of carbonyl (C=O) groups is 4. The molecular formula is C30H36N6O8S. The molecule has 2 amide bonds. The van der Waals surface area contributed by atoms with E-state index in [-0.39, 0.29) is 39.3 Å². The number of carbonyl (C=O) groups excluding carboxylic acids is 4. The second-order valence-electron chi connectivity index (χ2n) is 8.87. The first-order chi connectivity index (χ1) is 21.7. The summed E-state index contributed by atoms with van der Waals surface area (Å²) in [6.07, 6.45) is 4.46. The number of esters is 2. The van der Waals surface area contributed by atoms with Gasteiger partial charge in [0.2, 0.25) is 9.84 Å². The first kappa shape index (κ1) is 35.9. The Morgan fingerprint density at radius 3 is 1.40 bits per heavy atom. The molecule has 14 nitrogen and oxygen atoms in total. The number of hydrogen-bond donors (Lipinski definition) is 4. The van der Waals surface area contributed by atoms with Crippen molar-refractivity contribution in [1.82, 2.24) is 21.3 Å². The fourth-order valence-electron chi connectivity index (χ4n) is 3.35. The van der Waals surface area contributed by atoms with E-state index in [1.165, 1.54) is 26.6 Å². The normalized spacial score (nSPS) is 12.0. The number of hydrogen-bond acceptors (Lipinski definition) is 12. The van der Waals surface area contributed by atoms with Crippen LogP contribution < -0.4 is 21.3 Å². The average molecular weight is 641 g/mol. The molecule has 0 aliphatic carbocycles. The maximum atomic E-state index is 13.9. The number of benzene rings is 2. The summed E-state index contributed by atoms with van der Waals surface area (Å²) in [6.45, 7) is -0.626.